The maximum atomic E-state index is 4.88. The number of rotatable bonds is 4. The summed E-state index contributed by atoms with van der Waals surface area (Å²) in [5, 5.41) is 7.44. The van der Waals surface area contributed by atoms with Gasteiger partial charge in [-0.2, -0.15) is 0 Å². The molecule has 8 aromatic carbocycles. The Morgan fingerprint density at radius 2 is 0.926 bits per heavy atom. The van der Waals surface area contributed by atoms with Gasteiger partial charge in [-0.15, -0.1) is 0 Å². The van der Waals surface area contributed by atoms with Crippen molar-refractivity contribution in [3.63, 3.8) is 0 Å². The lowest BCUT2D eigenvalue weighted by Crippen LogP contribution is -1.96. The molecule has 0 fully saturated rings. The van der Waals surface area contributed by atoms with Crippen LogP contribution in [0.2, 0.25) is 0 Å². The van der Waals surface area contributed by atoms with E-state index in [2.05, 4.69) is 191 Å². The molecule has 11 aromatic rings. The minimum Gasteiger partial charge on any atom is -0.309 e. The molecule has 0 saturated carbocycles. The monoisotopic (exact) mass is 685 g/mol. The third-order valence-electron chi connectivity index (χ3n) is 11.5. The van der Waals surface area contributed by atoms with Crippen LogP contribution in [0.4, 0.5) is 0 Å². The van der Waals surface area contributed by atoms with Crippen molar-refractivity contribution in [2.24, 2.45) is 0 Å². The summed E-state index contributed by atoms with van der Waals surface area (Å²) in [6.07, 6.45) is 1.96. The number of fused-ring (bicyclic) bond motifs is 9. The maximum absolute atomic E-state index is 4.88. The van der Waals surface area contributed by atoms with E-state index in [9.17, 15) is 0 Å². The molecule has 12 rings (SSSR count). The molecule has 0 bridgehead atoms. The van der Waals surface area contributed by atoms with Crippen LogP contribution in [-0.2, 0) is 0 Å². The van der Waals surface area contributed by atoms with Crippen molar-refractivity contribution >= 4 is 54.4 Å². The molecular formula is C51H31N3. The predicted octanol–water partition coefficient (Wildman–Crippen LogP) is 13.4. The second-order valence-electron chi connectivity index (χ2n) is 14.3. The summed E-state index contributed by atoms with van der Waals surface area (Å²) >= 11 is 0. The molecule has 54 heavy (non-hydrogen) atoms. The zero-order valence-corrected chi connectivity index (χ0v) is 29.2. The third-order valence-corrected chi connectivity index (χ3v) is 11.5. The van der Waals surface area contributed by atoms with E-state index in [0.29, 0.717) is 0 Å². The summed E-state index contributed by atoms with van der Waals surface area (Å²) < 4.78 is 4.85. The zero-order valence-electron chi connectivity index (χ0n) is 29.2. The fourth-order valence-corrected chi connectivity index (χ4v) is 9.13. The molecule has 0 radical (unpaired) electrons. The molecule has 3 aromatic heterocycles. The van der Waals surface area contributed by atoms with Gasteiger partial charge >= 0.3 is 0 Å². The molecule has 0 amide bonds. The topological polar surface area (TPSA) is 22.8 Å². The Morgan fingerprint density at radius 3 is 1.69 bits per heavy atom. The molecule has 3 nitrogen and oxygen atoms in total. The molecule has 250 valence electrons. The van der Waals surface area contributed by atoms with Gasteiger partial charge in [0.1, 0.15) is 0 Å². The molecule has 0 unspecified atom stereocenters. The number of hydrogen-bond donors (Lipinski definition) is 0. The number of para-hydroxylation sites is 2. The van der Waals surface area contributed by atoms with E-state index < -0.39 is 0 Å². The average Bonchev–Trinajstić information content (AvgIpc) is 3.87. The Bertz CT molecular complexity index is 3300. The highest BCUT2D eigenvalue weighted by molar-refractivity contribution is 6.18. The molecule has 1 aliphatic rings. The van der Waals surface area contributed by atoms with Crippen LogP contribution in [0.1, 0.15) is 0 Å². The minimum absolute atomic E-state index is 1.07. The first kappa shape index (κ1) is 29.4. The van der Waals surface area contributed by atoms with E-state index in [0.717, 1.165) is 11.4 Å². The SMILES string of the molecule is c1ccc(-c2cccc(-n3c4ccccc4c4cc(-c5ccc6c(c5)c5ccccc5n6-c5ccc6c7c(nccc57)-c5ccccc5-6)ccc43)c2)cc1. The number of hydrogen-bond acceptors (Lipinski definition) is 1. The van der Waals surface area contributed by atoms with Crippen molar-refractivity contribution in [3.05, 3.63) is 188 Å². The Labute approximate surface area is 311 Å². The second-order valence-corrected chi connectivity index (χ2v) is 14.3. The van der Waals surface area contributed by atoms with Gasteiger partial charge in [0.05, 0.1) is 33.4 Å². The standard InChI is InChI=1S/C51H31N3/c1-2-11-32(12-3-1)33-13-10-14-36(29-33)53-45-19-8-6-16-38(45)43-30-34(21-24-48(43)53)35-22-25-49-44(31-35)39-17-7-9-20-46(39)54(49)47-26-23-40-37-15-4-5-18-41(37)51-50(40)42(47)27-28-52-51/h1-31H. The molecular weight excluding hydrogens is 655 g/mol. The van der Waals surface area contributed by atoms with Crippen LogP contribution in [0.5, 0.6) is 0 Å². The van der Waals surface area contributed by atoms with Gasteiger partial charge in [0, 0.05) is 49.8 Å². The Balaban J connectivity index is 1.03. The molecule has 1 aliphatic carbocycles. The summed E-state index contributed by atoms with van der Waals surface area (Å²) in [4.78, 5) is 4.88. The summed E-state index contributed by atoms with van der Waals surface area (Å²) in [5.41, 5.74) is 16.8. The molecule has 3 heteroatoms. The lowest BCUT2D eigenvalue weighted by molar-refractivity contribution is 1.18. The lowest BCUT2D eigenvalue weighted by Gasteiger charge is -2.13. The van der Waals surface area contributed by atoms with Gasteiger partial charge in [-0.1, -0.05) is 121 Å². The van der Waals surface area contributed by atoms with Crippen LogP contribution in [0.25, 0.3) is 110 Å². The van der Waals surface area contributed by atoms with Gasteiger partial charge in [0.15, 0.2) is 0 Å². The van der Waals surface area contributed by atoms with Crippen LogP contribution in [0.15, 0.2) is 188 Å². The van der Waals surface area contributed by atoms with E-state index in [4.69, 9.17) is 4.98 Å². The quantitative estimate of drug-likeness (QED) is 0.181. The normalized spacial score (nSPS) is 12.1. The Kier molecular flexibility index (Phi) is 6.05. The predicted molar refractivity (Wildman–Crippen MR) is 226 cm³/mol. The fraction of sp³-hybridized carbons (Fsp3) is 0. The highest BCUT2D eigenvalue weighted by Crippen LogP contribution is 2.48. The zero-order chi connectivity index (χ0) is 35.3. The number of pyridine rings is 1. The largest absolute Gasteiger partial charge is 0.309 e. The number of aromatic nitrogens is 3. The maximum Gasteiger partial charge on any atom is 0.0793 e. The summed E-state index contributed by atoms with van der Waals surface area (Å²) in [5.74, 6) is 0. The van der Waals surface area contributed by atoms with Crippen molar-refractivity contribution < 1.29 is 0 Å². The van der Waals surface area contributed by atoms with Gasteiger partial charge in [0.2, 0.25) is 0 Å². The van der Waals surface area contributed by atoms with Gasteiger partial charge in [-0.25, -0.2) is 0 Å². The van der Waals surface area contributed by atoms with E-state index >= 15 is 0 Å². The van der Waals surface area contributed by atoms with E-state index in [-0.39, 0.29) is 0 Å². The van der Waals surface area contributed by atoms with E-state index in [1.165, 1.54) is 99.0 Å². The van der Waals surface area contributed by atoms with Crippen LogP contribution in [0, 0.1) is 0 Å². The first-order valence-electron chi connectivity index (χ1n) is 18.5. The van der Waals surface area contributed by atoms with Crippen molar-refractivity contribution in [1.29, 1.82) is 0 Å². The molecule has 3 heterocycles. The second kappa shape index (κ2) is 11.1. The minimum atomic E-state index is 1.07. The van der Waals surface area contributed by atoms with Crippen LogP contribution >= 0.6 is 0 Å². The molecule has 0 atom stereocenters. The Hall–Kier alpha value is -7.23. The van der Waals surface area contributed by atoms with Crippen LogP contribution < -0.4 is 0 Å². The van der Waals surface area contributed by atoms with Gasteiger partial charge < -0.3 is 9.13 Å². The molecule has 0 spiro atoms. The average molecular weight is 686 g/mol. The molecule has 0 aliphatic heterocycles. The highest BCUT2D eigenvalue weighted by atomic mass is 15.0. The van der Waals surface area contributed by atoms with Gasteiger partial charge in [-0.3, -0.25) is 4.98 Å². The first-order valence-corrected chi connectivity index (χ1v) is 18.5. The number of nitrogens with zero attached hydrogens (tertiary/aromatic N) is 3. The fourth-order valence-electron chi connectivity index (χ4n) is 9.13. The van der Waals surface area contributed by atoms with E-state index in [1.807, 2.05) is 6.20 Å². The molecule has 0 saturated heterocycles. The van der Waals surface area contributed by atoms with Gasteiger partial charge in [0.25, 0.3) is 0 Å². The van der Waals surface area contributed by atoms with E-state index in [1.54, 1.807) is 0 Å². The highest BCUT2D eigenvalue weighted by Gasteiger charge is 2.25. The lowest BCUT2D eigenvalue weighted by atomic mass is 10.0. The smallest absolute Gasteiger partial charge is 0.0793 e. The Morgan fingerprint density at radius 1 is 0.333 bits per heavy atom. The summed E-state index contributed by atoms with van der Waals surface area (Å²) in [7, 11) is 0. The third kappa shape index (κ3) is 4.09. The summed E-state index contributed by atoms with van der Waals surface area (Å²) in [6, 6.07) is 66.4. The summed E-state index contributed by atoms with van der Waals surface area (Å²) in [6.45, 7) is 0. The van der Waals surface area contributed by atoms with Gasteiger partial charge in [-0.05, 0) is 94.0 Å². The van der Waals surface area contributed by atoms with Crippen molar-refractivity contribution in [2.45, 2.75) is 0 Å². The first-order chi connectivity index (χ1) is 26.8. The molecule has 0 N–H and O–H groups in total. The van der Waals surface area contributed by atoms with Crippen molar-refractivity contribution in [1.82, 2.24) is 14.1 Å². The van der Waals surface area contributed by atoms with Crippen LogP contribution in [-0.4, -0.2) is 14.1 Å². The number of benzene rings is 8. The van der Waals surface area contributed by atoms with Crippen LogP contribution in [0.3, 0.4) is 0 Å². The van der Waals surface area contributed by atoms with Crippen molar-refractivity contribution in [2.75, 3.05) is 0 Å². The van der Waals surface area contributed by atoms with Crippen molar-refractivity contribution in [3.8, 4) is 56.0 Å².